The number of aromatic hydroxyl groups is 1. The van der Waals surface area contributed by atoms with Crippen molar-refractivity contribution in [3.05, 3.63) is 65.0 Å². The molecule has 0 bridgehead atoms. The molecule has 0 spiro atoms. The summed E-state index contributed by atoms with van der Waals surface area (Å²) in [4.78, 5) is 20.7. The minimum absolute atomic E-state index is 0.0656. The predicted molar refractivity (Wildman–Crippen MR) is 75.7 cm³/mol. The summed E-state index contributed by atoms with van der Waals surface area (Å²) in [5.74, 6) is -3.95. The molecule has 0 saturated carbocycles. The number of aryl methyl sites for hydroxylation is 1. The van der Waals surface area contributed by atoms with E-state index in [-0.39, 0.29) is 5.56 Å². The number of phenols is 1. The number of halogens is 2. The van der Waals surface area contributed by atoms with Gasteiger partial charge in [-0.25, -0.2) is 13.8 Å². The van der Waals surface area contributed by atoms with Gasteiger partial charge in [-0.05, 0) is 37.3 Å². The summed E-state index contributed by atoms with van der Waals surface area (Å²) in [5.41, 5.74) is 0.952. The van der Waals surface area contributed by atoms with Crippen molar-refractivity contribution < 1.29 is 18.7 Å². The number of rotatable bonds is 2. The molecule has 4 nitrogen and oxygen atoms in total. The first-order valence-electron chi connectivity index (χ1n) is 6.42. The average molecular weight is 300 g/mol. The van der Waals surface area contributed by atoms with E-state index < -0.39 is 28.7 Å². The van der Waals surface area contributed by atoms with Gasteiger partial charge in [0.15, 0.2) is 17.3 Å². The van der Waals surface area contributed by atoms with Gasteiger partial charge in [-0.3, -0.25) is 9.78 Å². The Labute approximate surface area is 124 Å². The molecule has 0 aliphatic rings. The van der Waals surface area contributed by atoms with E-state index in [1.165, 1.54) is 12.1 Å². The van der Waals surface area contributed by atoms with Crippen LogP contribution in [0.25, 0.3) is 11.0 Å². The molecule has 1 aromatic heterocycles. The second-order valence-electron chi connectivity index (χ2n) is 4.80. The Morgan fingerprint density at radius 2 is 1.91 bits per heavy atom. The van der Waals surface area contributed by atoms with Crippen LogP contribution in [0.1, 0.15) is 21.6 Å². The Hall–Kier alpha value is -2.89. The van der Waals surface area contributed by atoms with Crippen molar-refractivity contribution in [1.82, 2.24) is 9.97 Å². The fourth-order valence-corrected chi connectivity index (χ4v) is 2.14. The van der Waals surface area contributed by atoms with Crippen LogP contribution in [0.15, 0.2) is 36.5 Å². The third-order valence-corrected chi connectivity index (χ3v) is 3.22. The van der Waals surface area contributed by atoms with E-state index in [4.69, 9.17) is 0 Å². The number of hydrogen-bond donors (Lipinski definition) is 1. The number of phenolic OH excluding ortho intramolecular Hbond substituents is 1. The third kappa shape index (κ3) is 2.28. The highest BCUT2D eigenvalue weighted by Gasteiger charge is 2.22. The van der Waals surface area contributed by atoms with Crippen LogP contribution in [0.2, 0.25) is 0 Å². The van der Waals surface area contributed by atoms with Crippen LogP contribution in [0.5, 0.6) is 5.75 Å². The molecule has 2 aromatic carbocycles. The van der Waals surface area contributed by atoms with Crippen LogP contribution >= 0.6 is 0 Å². The lowest BCUT2D eigenvalue weighted by molar-refractivity contribution is 0.103. The van der Waals surface area contributed by atoms with Gasteiger partial charge in [0.1, 0.15) is 5.82 Å². The molecule has 0 saturated heterocycles. The van der Waals surface area contributed by atoms with E-state index in [0.29, 0.717) is 16.7 Å². The van der Waals surface area contributed by atoms with Crippen LogP contribution in [0, 0.1) is 18.6 Å². The average Bonchev–Trinajstić information content (AvgIpc) is 2.50. The molecule has 22 heavy (non-hydrogen) atoms. The summed E-state index contributed by atoms with van der Waals surface area (Å²) >= 11 is 0. The maximum Gasteiger partial charge on any atom is 0.199 e. The molecule has 0 aliphatic heterocycles. The Bertz CT molecular complexity index is 910. The third-order valence-electron chi connectivity index (χ3n) is 3.22. The lowest BCUT2D eigenvalue weighted by atomic mass is 10.0. The van der Waals surface area contributed by atoms with Gasteiger partial charge in [-0.1, -0.05) is 0 Å². The monoisotopic (exact) mass is 300 g/mol. The number of ketones is 1. The van der Waals surface area contributed by atoms with Gasteiger partial charge < -0.3 is 5.11 Å². The summed E-state index contributed by atoms with van der Waals surface area (Å²) in [5, 5.41) is 9.31. The first kappa shape index (κ1) is 14.1. The standard InChI is InChI=1S/C16H10F2N2O2/c1-8-7-19-11-4-2-9(6-12(11)20-8)16(22)14-10(17)3-5-13(21)15(14)18/h2-7,21H,1H3. The summed E-state index contributed by atoms with van der Waals surface area (Å²) in [6.45, 7) is 1.75. The van der Waals surface area contributed by atoms with Crippen LogP contribution in [0.3, 0.4) is 0 Å². The second kappa shape index (κ2) is 5.14. The normalized spacial score (nSPS) is 10.9. The second-order valence-corrected chi connectivity index (χ2v) is 4.80. The van der Waals surface area contributed by atoms with Gasteiger partial charge in [0.25, 0.3) is 0 Å². The molecule has 3 rings (SSSR count). The Balaban J connectivity index is 2.15. The van der Waals surface area contributed by atoms with Crippen molar-refractivity contribution in [1.29, 1.82) is 0 Å². The first-order chi connectivity index (χ1) is 10.5. The molecule has 0 amide bonds. The van der Waals surface area contributed by atoms with Crippen molar-refractivity contribution in [2.24, 2.45) is 0 Å². The number of carbonyl (C=O) groups excluding carboxylic acids is 1. The fraction of sp³-hybridized carbons (Fsp3) is 0.0625. The molecule has 0 aliphatic carbocycles. The van der Waals surface area contributed by atoms with E-state index in [1.54, 1.807) is 19.2 Å². The van der Waals surface area contributed by atoms with Crippen LogP contribution in [-0.2, 0) is 0 Å². The Kier molecular flexibility index (Phi) is 3.29. The molecule has 0 fully saturated rings. The molecule has 110 valence electrons. The number of nitrogens with zero attached hydrogens (tertiary/aromatic N) is 2. The molecule has 3 aromatic rings. The largest absolute Gasteiger partial charge is 0.505 e. The van der Waals surface area contributed by atoms with Crippen molar-refractivity contribution in [2.75, 3.05) is 0 Å². The summed E-state index contributed by atoms with van der Waals surface area (Å²) in [7, 11) is 0. The Morgan fingerprint density at radius 1 is 1.14 bits per heavy atom. The highest BCUT2D eigenvalue weighted by Crippen LogP contribution is 2.25. The van der Waals surface area contributed by atoms with Crippen LogP contribution in [0.4, 0.5) is 8.78 Å². The topological polar surface area (TPSA) is 63.1 Å². The zero-order valence-electron chi connectivity index (χ0n) is 11.5. The van der Waals surface area contributed by atoms with Gasteiger partial charge in [0.05, 0.1) is 22.3 Å². The highest BCUT2D eigenvalue weighted by atomic mass is 19.1. The number of benzene rings is 2. The van der Waals surface area contributed by atoms with E-state index in [9.17, 15) is 18.7 Å². The Morgan fingerprint density at radius 3 is 2.68 bits per heavy atom. The highest BCUT2D eigenvalue weighted by molar-refractivity contribution is 6.10. The van der Waals surface area contributed by atoms with Gasteiger partial charge >= 0.3 is 0 Å². The van der Waals surface area contributed by atoms with Crippen molar-refractivity contribution in [3.63, 3.8) is 0 Å². The number of fused-ring (bicyclic) bond motifs is 1. The predicted octanol–water partition coefficient (Wildman–Crippen LogP) is 3.15. The molecule has 1 N–H and O–H groups in total. The van der Waals surface area contributed by atoms with E-state index in [2.05, 4.69) is 9.97 Å². The minimum atomic E-state index is -1.28. The van der Waals surface area contributed by atoms with Crippen LogP contribution in [-0.4, -0.2) is 20.9 Å². The molecular weight excluding hydrogens is 290 g/mol. The summed E-state index contributed by atoms with van der Waals surface area (Å²) in [6.07, 6.45) is 1.58. The maximum absolute atomic E-state index is 13.8. The fourth-order valence-electron chi connectivity index (χ4n) is 2.14. The van der Waals surface area contributed by atoms with Crippen LogP contribution < -0.4 is 0 Å². The summed E-state index contributed by atoms with van der Waals surface area (Å²) < 4.78 is 27.6. The molecule has 6 heteroatoms. The zero-order chi connectivity index (χ0) is 15.9. The molecule has 0 unspecified atom stereocenters. The number of carbonyl (C=O) groups is 1. The van der Waals surface area contributed by atoms with E-state index in [1.807, 2.05) is 0 Å². The molecule has 0 radical (unpaired) electrons. The summed E-state index contributed by atoms with van der Waals surface area (Å²) in [6, 6.07) is 6.08. The van der Waals surface area contributed by atoms with Crippen molar-refractivity contribution >= 4 is 16.8 Å². The SMILES string of the molecule is Cc1cnc2ccc(C(=O)c3c(F)ccc(O)c3F)cc2n1. The lowest BCUT2D eigenvalue weighted by Crippen LogP contribution is -2.08. The maximum atomic E-state index is 13.8. The number of hydrogen-bond acceptors (Lipinski definition) is 4. The van der Waals surface area contributed by atoms with Gasteiger partial charge in [-0.2, -0.15) is 0 Å². The lowest BCUT2D eigenvalue weighted by Gasteiger charge is -2.06. The van der Waals surface area contributed by atoms with E-state index >= 15 is 0 Å². The molecule has 1 heterocycles. The van der Waals surface area contributed by atoms with E-state index in [0.717, 1.165) is 12.1 Å². The molecular formula is C16H10F2N2O2. The van der Waals surface area contributed by atoms with Gasteiger partial charge in [0, 0.05) is 11.8 Å². The first-order valence-corrected chi connectivity index (χ1v) is 6.42. The number of aromatic nitrogens is 2. The van der Waals surface area contributed by atoms with Crippen molar-refractivity contribution in [2.45, 2.75) is 6.92 Å². The van der Waals surface area contributed by atoms with Gasteiger partial charge in [0.2, 0.25) is 0 Å². The zero-order valence-corrected chi connectivity index (χ0v) is 11.5. The smallest absolute Gasteiger partial charge is 0.199 e. The van der Waals surface area contributed by atoms with Crippen molar-refractivity contribution in [3.8, 4) is 5.75 Å². The quantitative estimate of drug-likeness (QED) is 0.738. The molecule has 0 atom stereocenters. The minimum Gasteiger partial charge on any atom is -0.505 e. The van der Waals surface area contributed by atoms with Gasteiger partial charge in [-0.15, -0.1) is 0 Å².